The molecule has 0 spiro atoms. The Hall–Kier alpha value is -3.30. The normalized spacial score (nSPS) is 14.1. The van der Waals surface area contributed by atoms with Crippen molar-refractivity contribution in [1.29, 1.82) is 0 Å². The molecule has 166 valence electrons. The van der Waals surface area contributed by atoms with Crippen LogP contribution in [-0.4, -0.2) is 64.7 Å². The third-order valence-electron chi connectivity index (χ3n) is 4.84. The fourth-order valence-electron chi connectivity index (χ4n) is 3.24. The molecule has 2 heterocycles. The van der Waals surface area contributed by atoms with E-state index in [2.05, 4.69) is 10.3 Å². The zero-order chi connectivity index (χ0) is 22.5. The smallest absolute Gasteiger partial charge is 0.312 e. The number of aryl methyl sites for hydroxylation is 1. The van der Waals surface area contributed by atoms with Gasteiger partial charge in [-0.1, -0.05) is 0 Å². The van der Waals surface area contributed by atoms with Crippen molar-refractivity contribution in [2.24, 2.45) is 0 Å². The Morgan fingerprint density at radius 1 is 1.13 bits per heavy atom. The predicted octanol–water partition coefficient (Wildman–Crippen LogP) is 1.75. The van der Waals surface area contributed by atoms with E-state index in [9.17, 15) is 23.2 Å². The van der Waals surface area contributed by atoms with Crippen LogP contribution in [0.1, 0.15) is 26.2 Å². The first-order chi connectivity index (χ1) is 14.7. The molecule has 1 N–H and O–H groups in total. The number of hydrogen-bond donors (Lipinski definition) is 1. The molecule has 0 saturated carbocycles. The van der Waals surface area contributed by atoms with Gasteiger partial charge in [0, 0.05) is 51.1 Å². The van der Waals surface area contributed by atoms with Gasteiger partial charge in [-0.2, -0.15) is 0 Å². The van der Waals surface area contributed by atoms with Crippen LogP contribution in [0.2, 0.25) is 0 Å². The molecule has 31 heavy (non-hydrogen) atoms. The number of benzene rings is 1. The van der Waals surface area contributed by atoms with Gasteiger partial charge >= 0.3 is 11.8 Å². The van der Waals surface area contributed by atoms with E-state index in [-0.39, 0.29) is 55.1 Å². The van der Waals surface area contributed by atoms with E-state index in [0.717, 1.165) is 12.1 Å². The van der Waals surface area contributed by atoms with Crippen molar-refractivity contribution in [3.63, 3.8) is 0 Å². The first-order valence-corrected chi connectivity index (χ1v) is 10.0. The molecule has 0 aliphatic carbocycles. The number of oxazole rings is 1. The number of rotatable bonds is 5. The van der Waals surface area contributed by atoms with Gasteiger partial charge in [0.25, 0.3) is 0 Å². The summed E-state index contributed by atoms with van der Waals surface area (Å²) in [6.45, 7) is 4.77. The van der Waals surface area contributed by atoms with Gasteiger partial charge in [0.15, 0.2) is 11.7 Å². The number of carbonyl (C=O) groups is 3. The summed E-state index contributed by atoms with van der Waals surface area (Å²) in [7, 11) is 0. The minimum atomic E-state index is -0.756. The number of piperazine rings is 1. The van der Waals surface area contributed by atoms with Crippen LogP contribution in [0.15, 0.2) is 28.8 Å². The Balaban J connectivity index is 1.48. The first-order valence-electron chi connectivity index (χ1n) is 10.0. The van der Waals surface area contributed by atoms with Crippen LogP contribution in [-0.2, 0) is 20.8 Å². The van der Waals surface area contributed by atoms with Gasteiger partial charge in [-0.25, -0.2) is 13.8 Å². The fourth-order valence-corrected chi connectivity index (χ4v) is 3.24. The van der Waals surface area contributed by atoms with Crippen LogP contribution in [0.3, 0.4) is 0 Å². The number of halogens is 2. The van der Waals surface area contributed by atoms with Crippen molar-refractivity contribution in [2.75, 3.05) is 26.2 Å². The lowest BCUT2D eigenvalue weighted by Gasteiger charge is -2.34. The van der Waals surface area contributed by atoms with Crippen LogP contribution in [0.4, 0.5) is 8.78 Å². The summed E-state index contributed by atoms with van der Waals surface area (Å²) in [6.07, 6.45) is 1.69. The fraction of sp³-hybridized carbons (Fsp3) is 0.429. The lowest BCUT2D eigenvalue weighted by molar-refractivity contribution is -0.148. The van der Waals surface area contributed by atoms with Gasteiger partial charge in [-0.05, 0) is 26.0 Å². The van der Waals surface area contributed by atoms with E-state index in [4.69, 9.17) is 4.42 Å². The molecule has 8 nitrogen and oxygen atoms in total. The number of carbonyl (C=O) groups excluding carboxylic acids is 3. The SMILES string of the molecule is CC(C)NC(=O)C(=O)N1CCN(C(=O)CCc2ncc(-c3ccc(F)cc3F)o2)CC1. The van der Waals surface area contributed by atoms with Crippen molar-refractivity contribution in [2.45, 2.75) is 32.7 Å². The molecule has 2 aromatic rings. The quantitative estimate of drug-likeness (QED) is 0.724. The lowest BCUT2D eigenvalue weighted by Crippen LogP contribution is -2.54. The highest BCUT2D eigenvalue weighted by atomic mass is 19.1. The Kier molecular flexibility index (Phi) is 6.98. The minimum absolute atomic E-state index is 0.0915. The monoisotopic (exact) mass is 434 g/mol. The highest BCUT2D eigenvalue weighted by Crippen LogP contribution is 2.24. The highest BCUT2D eigenvalue weighted by Gasteiger charge is 2.28. The van der Waals surface area contributed by atoms with E-state index in [1.807, 2.05) is 0 Å². The maximum absolute atomic E-state index is 13.9. The van der Waals surface area contributed by atoms with Crippen LogP contribution < -0.4 is 5.32 Å². The van der Waals surface area contributed by atoms with Gasteiger partial charge in [-0.15, -0.1) is 0 Å². The van der Waals surface area contributed by atoms with Crippen molar-refractivity contribution in [3.05, 3.63) is 41.9 Å². The Morgan fingerprint density at radius 2 is 1.81 bits per heavy atom. The summed E-state index contributed by atoms with van der Waals surface area (Å²) in [4.78, 5) is 43.5. The second kappa shape index (κ2) is 9.67. The summed E-state index contributed by atoms with van der Waals surface area (Å²) in [5.41, 5.74) is 0.0915. The molecular formula is C21H24F2N4O4. The van der Waals surface area contributed by atoms with Crippen LogP contribution >= 0.6 is 0 Å². The van der Waals surface area contributed by atoms with Gasteiger partial charge in [0.1, 0.15) is 11.6 Å². The second-order valence-electron chi connectivity index (χ2n) is 7.54. The van der Waals surface area contributed by atoms with E-state index >= 15 is 0 Å². The Bertz CT molecular complexity index is 968. The Morgan fingerprint density at radius 3 is 2.45 bits per heavy atom. The third kappa shape index (κ3) is 5.65. The van der Waals surface area contributed by atoms with E-state index in [1.54, 1.807) is 18.7 Å². The molecule has 0 unspecified atom stereocenters. The minimum Gasteiger partial charge on any atom is -0.441 e. The average molecular weight is 434 g/mol. The summed E-state index contributed by atoms with van der Waals surface area (Å²) in [6, 6.07) is 3.02. The maximum Gasteiger partial charge on any atom is 0.312 e. The molecule has 1 aliphatic heterocycles. The molecule has 1 aliphatic rings. The predicted molar refractivity (Wildman–Crippen MR) is 107 cm³/mol. The number of aromatic nitrogens is 1. The lowest BCUT2D eigenvalue weighted by atomic mass is 10.2. The number of amides is 3. The van der Waals surface area contributed by atoms with Crippen LogP contribution in [0, 0.1) is 11.6 Å². The topological polar surface area (TPSA) is 95.8 Å². The Labute approximate surface area is 178 Å². The molecule has 1 aromatic heterocycles. The van der Waals surface area contributed by atoms with Crippen molar-refractivity contribution >= 4 is 17.7 Å². The van der Waals surface area contributed by atoms with Crippen LogP contribution in [0.5, 0.6) is 0 Å². The molecule has 0 radical (unpaired) electrons. The highest BCUT2D eigenvalue weighted by molar-refractivity contribution is 6.35. The van der Waals surface area contributed by atoms with Crippen LogP contribution in [0.25, 0.3) is 11.3 Å². The van der Waals surface area contributed by atoms with E-state index < -0.39 is 23.4 Å². The van der Waals surface area contributed by atoms with E-state index in [1.165, 1.54) is 17.2 Å². The summed E-state index contributed by atoms with van der Waals surface area (Å²) in [5.74, 6) is -2.39. The van der Waals surface area contributed by atoms with Crippen molar-refractivity contribution in [3.8, 4) is 11.3 Å². The van der Waals surface area contributed by atoms with Gasteiger partial charge < -0.3 is 19.5 Å². The van der Waals surface area contributed by atoms with Gasteiger partial charge in [0.05, 0.1) is 11.8 Å². The second-order valence-corrected chi connectivity index (χ2v) is 7.54. The summed E-state index contributed by atoms with van der Waals surface area (Å²) >= 11 is 0. The molecule has 0 bridgehead atoms. The number of nitrogens with zero attached hydrogens (tertiary/aromatic N) is 3. The zero-order valence-electron chi connectivity index (χ0n) is 17.4. The van der Waals surface area contributed by atoms with Crippen molar-refractivity contribution < 1.29 is 27.6 Å². The van der Waals surface area contributed by atoms with E-state index in [0.29, 0.717) is 13.1 Å². The number of hydrogen-bond acceptors (Lipinski definition) is 5. The molecule has 1 saturated heterocycles. The molecule has 3 rings (SSSR count). The third-order valence-corrected chi connectivity index (χ3v) is 4.84. The number of nitrogens with one attached hydrogen (secondary N) is 1. The molecular weight excluding hydrogens is 410 g/mol. The molecule has 10 heteroatoms. The first kappa shape index (κ1) is 22.4. The maximum atomic E-state index is 13.9. The summed E-state index contributed by atoms with van der Waals surface area (Å²) in [5, 5.41) is 2.56. The standard InChI is InChI=1S/C21H24F2N4O4/c1-13(2)25-20(29)21(30)27-9-7-26(8-10-27)19(28)6-5-18-24-12-17(31-18)15-4-3-14(22)11-16(15)23/h3-4,11-13H,5-10H2,1-2H3,(H,25,29). The average Bonchev–Trinajstić information content (AvgIpc) is 3.19. The molecule has 1 fully saturated rings. The molecule has 1 aromatic carbocycles. The molecule has 0 atom stereocenters. The van der Waals surface area contributed by atoms with Gasteiger partial charge in [0.2, 0.25) is 5.91 Å². The largest absolute Gasteiger partial charge is 0.441 e. The van der Waals surface area contributed by atoms with Crippen molar-refractivity contribution in [1.82, 2.24) is 20.1 Å². The zero-order valence-corrected chi connectivity index (χ0v) is 17.4. The summed E-state index contributed by atoms with van der Waals surface area (Å²) < 4.78 is 32.4. The molecule has 3 amide bonds. The van der Waals surface area contributed by atoms with Gasteiger partial charge in [-0.3, -0.25) is 14.4 Å².